The quantitative estimate of drug-likeness (QED) is 0.719. The SMILES string of the molecule is Cc1cccc(C)c1-c1cc(N)[nH]n1. The molecule has 0 aliphatic heterocycles. The van der Waals surface area contributed by atoms with Crippen molar-refractivity contribution in [2.45, 2.75) is 13.8 Å². The van der Waals surface area contributed by atoms with E-state index in [2.05, 4.69) is 36.2 Å². The van der Waals surface area contributed by atoms with Crippen LogP contribution in [-0.2, 0) is 0 Å². The average Bonchev–Trinajstić information content (AvgIpc) is 2.51. The Balaban J connectivity index is 2.61. The summed E-state index contributed by atoms with van der Waals surface area (Å²) in [6.07, 6.45) is 0. The summed E-state index contributed by atoms with van der Waals surface area (Å²) in [5.74, 6) is 0.600. The smallest absolute Gasteiger partial charge is 0.119 e. The van der Waals surface area contributed by atoms with Crippen molar-refractivity contribution in [3.8, 4) is 11.3 Å². The van der Waals surface area contributed by atoms with Gasteiger partial charge in [0.15, 0.2) is 0 Å². The Labute approximate surface area is 83.0 Å². The molecule has 0 fully saturated rings. The van der Waals surface area contributed by atoms with Crippen LogP contribution in [0.3, 0.4) is 0 Å². The van der Waals surface area contributed by atoms with E-state index in [0.29, 0.717) is 5.82 Å². The summed E-state index contributed by atoms with van der Waals surface area (Å²) in [6, 6.07) is 8.06. The molecule has 0 radical (unpaired) electrons. The molecule has 14 heavy (non-hydrogen) atoms. The van der Waals surface area contributed by atoms with E-state index in [9.17, 15) is 0 Å². The fourth-order valence-corrected chi connectivity index (χ4v) is 1.68. The first-order chi connectivity index (χ1) is 6.68. The molecule has 3 N–H and O–H groups in total. The van der Waals surface area contributed by atoms with Crippen molar-refractivity contribution in [1.82, 2.24) is 10.2 Å². The van der Waals surface area contributed by atoms with Gasteiger partial charge >= 0.3 is 0 Å². The molecule has 2 aromatic rings. The molecule has 3 heteroatoms. The van der Waals surface area contributed by atoms with Gasteiger partial charge < -0.3 is 5.73 Å². The number of nitrogens with zero attached hydrogens (tertiary/aromatic N) is 1. The lowest BCUT2D eigenvalue weighted by Crippen LogP contribution is -1.87. The van der Waals surface area contributed by atoms with Crippen molar-refractivity contribution >= 4 is 5.82 Å². The first-order valence-electron chi connectivity index (χ1n) is 4.56. The van der Waals surface area contributed by atoms with Gasteiger partial charge in [-0.2, -0.15) is 5.10 Å². The van der Waals surface area contributed by atoms with Crippen LogP contribution in [0, 0.1) is 13.8 Å². The minimum Gasteiger partial charge on any atom is -0.384 e. The third kappa shape index (κ3) is 1.37. The molecular weight excluding hydrogens is 174 g/mol. The van der Waals surface area contributed by atoms with Gasteiger partial charge in [0.05, 0.1) is 5.69 Å². The number of aromatic nitrogens is 2. The highest BCUT2D eigenvalue weighted by Crippen LogP contribution is 2.25. The van der Waals surface area contributed by atoms with Crippen LogP contribution >= 0.6 is 0 Å². The second-order valence-electron chi connectivity index (χ2n) is 3.48. The van der Waals surface area contributed by atoms with Crippen molar-refractivity contribution in [2.75, 3.05) is 5.73 Å². The molecule has 0 unspecified atom stereocenters. The van der Waals surface area contributed by atoms with Gasteiger partial charge in [0.25, 0.3) is 0 Å². The summed E-state index contributed by atoms with van der Waals surface area (Å²) in [5, 5.41) is 6.91. The van der Waals surface area contributed by atoms with E-state index in [-0.39, 0.29) is 0 Å². The number of aromatic amines is 1. The van der Waals surface area contributed by atoms with Crippen molar-refractivity contribution in [1.29, 1.82) is 0 Å². The number of aryl methyl sites for hydroxylation is 2. The largest absolute Gasteiger partial charge is 0.384 e. The maximum Gasteiger partial charge on any atom is 0.119 e. The van der Waals surface area contributed by atoms with Crippen molar-refractivity contribution in [3.63, 3.8) is 0 Å². The van der Waals surface area contributed by atoms with Gasteiger partial charge in [-0.3, -0.25) is 5.10 Å². The third-order valence-electron chi connectivity index (χ3n) is 2.33. The van der Waals surface area contributed by atoms with Crippen molar-refractivity contribution < 1.29 is 0 Å². The van der Waals surface area contributed by atoms with Crippen LogP contribution in [-0.4, -0.2) is 10.2 Å². The molecular formula is C11H13N3. The standard InChI is InChI=1S/C11H13N3/c1-7-4-3-5-8(2)11(7)9-6-10(12)14-13-9/h3-6H,1-2H3,(H3,12,13,14). The molecule has 0 bridgehead atoms. The number of hydrogen-bond donors (Lipinski definition) is 2. The van der Waals surface area contributed by atoms with Gasteiger partial charge in [-0.15, -0.1) is 0 Å². The summed E-state index contributed by atoms with van der Waals surface area (Å²) >= 11 is 0. The predicted octanol–water partition coefficient (Wildman–Crippen LogP) is 2.28. The number of benzene rings is 1. The van der Waals surface area contributed by atoms with Crippen LogP contribution in [0.15, 0.2) is 24.3 Å². The molecule has 0 spiro atoms. The Morgan fingerprint density at radius 3 is 2.36 bits per heavy atom. The second kappa shape index (κ2) is 3.18. The zero-order valence-corrected chi connectivity index (χ0v) is 8.33. The number of anilines is 1. The van der Waals surface area contributed by atoms with Gasteiger partial charge in [0.2, 0.25) is 0 Å². The molecule has 0 aliphatic carbocycles. The zero-order chi connectivity index (χ0) is 10.1. The third-order valence-corrected chi connectivity index (χ3v) is 2.33. The molecule has 1 aromatic heterocycles. The topological polar surface area (TPSA) is 54.7 Å². The number of nitrogen functional groups attached to an aromatic ring is 1. The molecule has 0 amide bonds. The van der Waals surface area contributed by atoms with E-state index in [1.54, 1.807) is 0 Å². The van der Waals surface area contributed by atoms with Crippen LogP contribution in [0.4, 0.5) is 5.82 Å². The Morgan fingerprint density at radius 1 is 1.21 bits per heavy atom. The first kappa shape index (κ1) is 8.81. The van der Waals surface area contributed by atoms with Gasteiger partial charge in [-0.25, -0.2) is 0 Å². The van der Waals surface area contributed by atoms with Gasteiger partial charge in [0, 0.05) is 11.6 Å². The van der Waals surface area contributed by atoms with Crippen LogP contribution in [0.2, 0.25) is 0 Å². The number of hydrogen-bond acceptors (Lipinski definition) is 2. The first-order valence-corrected chi connectivity index (χ1v) is 4.56. The minimum atomic E-state index is 0.600. The maximum absolute atomic E-state index is 5.60. The van der Waals surface area contributed by atoms with Gasteiger partial charge in [-0.05, 0) is 25.0 Å². The van der Waals surface area contributed by atoms with Crippen LogP contribution < -0.4 is 5.73 Å². The highest BCUT2D eigenvalue weighted by molar-refractivity contribution is 5.69. The monoisotopic (exact) mass is 187 g/mol. The van der Waals surface area contributed by atoms with E-state index >= 15 is 0 Å². The van der Waals surface area contributed by atoms with E-state index in [4.69, 9.17) is 5.73 Å². The molecule has 2 rings (SSSR count). The Kier molecular flexibility index (Phi) is 2.00. The fraction of sp³-hybridized carbons (Fsp3) is 0.182. The molecule has 3 nitrogen and oxygen atoms in total. The molecule has 0 atom stereocenters. The summed E-state index contributed by atoms with van der Waals surface area (Å²) in [6.45, 7) is 4.15. The second-order valence-corrected chi connectivity index (χ2v) is 3.48. The van der Waals surface area contributed by atoms with E-state index in [1.165, 1.54) is 16.7 Å². The van der Waals surface area contributed by atoms with Gasteiger partial charge in [-0.1, -0.05) is 18.2 Å². The number of nitrogens with one attached hydrogen (secondary N) is 1. The highest BCUT2D eigenvalue weighted by atomic mass is 15.2. The van der Waals surface area contributed by atoms with E-state index in [1.807, 2.05) is 12.1 Å². The lowest BCUT2D eigenvalue weighted by Gasteiger charge is -2.05. The number of nitrogens with two attached hydrogens (primary N) is 1. The summed E-state index contributed by atoms with van der Waals surface area (Å²) < 4.78 is 0. The Hall–Kier alpha value is -1.77. The molecule has 0 saturated heterocycles. The lowest BCUT2D eigenvalue weighted by molar-refractivity contribution is 1.10. The van der Waals surface area contributed by atoms with Gasteiger partial charge in [0.1, 0.15) is 5.82 Å². The Bertz CT molecular complexity index is 437. The van der Waals surface area contributed by atoms with Crippen molar-refractivity contribution in [3.05, 3.63) is 35.4 Å². The van der Waals surface area contributed by atoms with E-state index in [0.717, 1.165) is 5.69 Å². The summed E-state index contributed by atoms with van der Waals surface area (Å²) in [7, 11) is 0. The average molecular weight is 187 g/mol. The normalized spacial score (nSPS) is 10.4. The minimum absolute atomic E-state index is 0.600. The van der Waals surface area contributed by atoms with Crippen LogP contribution in [0.25, 0.3) is 11.3 Å². The van der Waals surface area contributed by atoms with Crippen LogP contribution in [0.1, 0.15) is 11.1 Å². The summed E-state index contributed by atoms with van der Waals surface area (Å²) in [4.78, 5) is 0. The fourth-order valence-electron chi connectivity index (χ4n) is 1.68. The highest BCUT2D eigenvalue weighted by Gasteiger charge is 2.07. The number of rotatable bonds is 1. The predicted molar refractivity (Wildman–Crippen MR) is 57.9 cm³/mol. The van der Waals surface area contributed by atoms with Crippen molar-refractivity contribution in [2.24, 2.45) is 0 Å². The molecule has 0 aliphatic rings. The van der Waals surface area contributed by atoms with Crippen LogP contribution in [0.5, 0.6) is 0 Å². The molecule has 1 heterocycles. The Morgan fingerprint density at radius 2 is 1.86 bits per heavy atom. The molecule has 1 aromatic carbocycles. The van der Waals surface area contributed by atoms with E-state index < -0.39 is 0 Å². The zero-order valence-electron chi connectivity index (χ0n) is 8.33. The maximum atomic E-state index is 5.60. The molecule has 0 saturated carbocycles. The lowest BCUT2D eigenvalue weighted by atomic mass is 10.0. The molecule has 72 valence electrons. The summed E-state index contributed by atoms with van der Waals surface area (Å²) in [5.41, 5.74) is 10.1. The number of H-pyrrole nitrogens is 1.